The van der Waals surface area contributed by atoms with Crippen LogP contribution in [0.15, 0.2) is 60.7 Å². The highest BCUT2D eigenvalue weighted by Crippen LogP contribution is 2.28. The molecule has 0 spiro atoms. The van der Waals surface area contributed by atoms with Gasteiger partial charge in [0.1, 0.15) is 5.75 Å². The summed E-state index contributed by atoms with van der Waals surface area (Å²) in [6.45, 7) is 2.32. The van der Waals surface area contributed by atoms with Crippen molar-refractivity contribution >= 4 is 22.6 Å². The molecule has 30 heavy (non-hydrogen) atoms. The van der Waals surface area contributed by atoms with Gasteiger partial charge in [-0.2, -0.15) is 0 Å². The van der Waals surface area contributed by atoms with Gasteiger partial charge < -0.3 is 14.2 Å². The van der Waals surface area contributed by atoms with Crippen LogP contribution in [-0.4, -0.2) is 32.1 Å². The average molecular weight is 408 g/mol. The van der Waals surface area contributed by atoms with E-state index >= 15 is 0 Å². The number of hydrogen-bond donors (Lipinski definition) is 2. The summed E-state index contributed by atoms with van der Waals surface area (Å²) < 4.78 is 16.3. The first-order valence-electron chi connectivity index (χ1n) is 9.62. The fourth-order valence-electron chi connectivity index (χ4n) is 2.78. The second-order valence-corrected chi connectivity index (χ2v) is 6.51. The summed E-state index contributed by atoms with van der Waals surface area (Å²) in [5.74, 6) is 0.620. The topological polar surface area (TPSA) is 85.9 Å². The van der Waals surface area contributed by atoms with Crippen LogP contribution in [0, 0.1) is 0 Å². The van der Waals surface area contributed by atoms with Gasteiger partial charge in [-0.3, -0.25) is 20.4 Å². The zero-order valence-electron chi connectivity index (χ0n) is 16.9. The molecule has 0 aliphatic heterocycles. The Kier molecular flexibility index (Phi) is 7.10. The fourth-order valence-corrected chi connectivity index (χ4v) is 2.78. The zero-order chi connectivity index (χ0) is 21.3. The Morgan fingerprint density at radius 2 is 1.67 bits per heavy atom. The van der Waals surface area contributed by atoms with Gasteiger partial charge in [-0.05, 0) is 47.5 Å². The minimum atomic E-state index is -0.480. The molecule has 0 radical (unpaired) electrons. The number of methoxy groups -OCH3 is 1. The van der Waals surface area contributed by atoms with E-state index in [4.69, 9.17) is 14.2 Å². The normalized spacial score (nSPS) is 10.3. The van der Waals surface area contributed by atoms with E-state index < -0.39 is 11.8 Å². The third-order valence-electron chi connectivity index (χ3n) is 4.29. The van der Waals surface area contributed by atoms with Crippen molar-refractivity contribution in [3.63, 3.8) is 0 Å². The molecule has 2 N–H and O–H groups in total. The Morgan fingerprint density at radius 3 is 2.43 bits per heavy atom. The number of fused-ring (bicyclic) bond motifs is 1. The van der Waals surface area contributed by atoms with Gasteiger partial charge in [0, 0.05) is 5.56 Å². The van der Waals surface area contributed by atoms with Crippen LogP contribution in [0.2, 0.25) is 0 Å². The van der Waals surface area contributed by atoms with Crippen LogP contribution in [0.25, 0.3) is 10.8 Å². The van der Waals surface area contributed by atoms with Gasteiger partial charge in [-0.25, -0.2) is 0 Å². The highest BCUT2D eigenvalue weighted by Gasteiger charge is 2.12. The van der Waals surface area contributed by atoms with Crippen molar-refractivity contribution in [1.82, 2.24) is 10.9 Å². The molecule has 0 aliphatic carbocycles. The molecule has 3 rings (SSSR count). The first-order valence-corrected chi connectivity index (χ1v) is 9.62. The Bertz CT molecular complexity index is 1040. The molecular formula is C23H24N2O5. The molecule has 0 bridgehead atoms. The minimum absolute atomic E-state index is 0.230. The average Bonchev–Trinajstić information content (AvgIpc) is 2.79. The fraction of sp³-hybridized carbons (Fsp3) is 0.217. The van der Waals surface area contributed by atoms with Crippen LogP contribution in [-0.2, 0) is 4.79 Å². The third kappa shape index (κ3) is 5.41. The van der Waals surface area contributed by atoms with Crippen LogP contribution in [0.5, 0.6) is 17.2 Å². The number of carbonyl (C=O) groups is 2. The Labute approximate surface area is 174 Å². The largest absolute Gasteiger partial charge is 0.493 e. The predicted octanol–water partition coefficient (Wildman–Crippen LogP) is 3.48. The molecule has 0 atom stereocenters. The van der Waals surface area contributed by atoms with Gasteiger partial charge in [0.05, 0.1) is 13.7 Å². The van der Waals surface area contributed by atoms with E-state index in [2.05, 4.69) is 10.9 Å². The van der Waals surface area contributed by atoms with Gasteiger partial charge in [-0.1, -0.05) is 37.3 Å². The van der Waals surface area contributed by atoms with E-state index in [-0.39, 0.29) is 6.61 Å². The van der Waals surface area contributed by atoms with Crippen molar-refractivity contribution < 1.29 is 23.8 Å². The molecule has 2 amide bonds. The lowest BCUT2D eigenvalue weighted by atomic mass is 10.1. The van der Waals surface area contributed by atoms with Gasteiger partial charge in [0.15, 0.2) is 18.1 Å². The lowest BCUT2D eigenvalue weighted by Gasteiger charge is -2.12. The lowest BCUT2D eigenvalue weighted by Crippen LogP contribution is -2.43. The maximum atomic E-state index is 12.3. The summed E-state index contributed by atoms with van der Waals surface area (Å²) in [6, 6.07) is 18.2. The second-order valence-electron chi connectivity index (χ2n) is 6.51. The maximum absolute atomic E-state index is 12.3. The molecule has 7 heteroatoms. The first kappa shape index (κ1) is 21.0. The van der Waals surface area contributed by atoms with Crippen LogP contribution in [0.1, 0.15) is 23.7 Å². The van der Waals surface area contributed by atoms with Crippen LogP contribution in [0.4, 0.5) is 0 Å². The highest BCUT2D eigenvalue weighted by molar-refractivity contribution is 5.96. The van der Waals surface area contributed by atoms with Gasteiger partial charge in [-0.15, -0.1) is 0 Å². The Morgan fingerprint density at radius 1 is 0.867 bits per heavy atom. The monoisotopic (exact) mass is 408 g/mol. The molecule has 0 aromatic heterocycles. The summed E-state index contributed by atoms with van der Waals surface area (Å²) in [5.41, 5.74) is 5.03. The van der Waals surface area contributed by atoms with Crippen LogP contribution >= 0.6 is 0 Å². The van der Waals surface area contributed by atoms with E-state index in [1.807, 2.05) is 43.3 Å². The van der Waals surface area contributed by atoms with E-state index in [0.717, 1.165) is 17.2 Å². The SMILES string of the molecule is CCCOc1ccc(C(=O)NNC(=O)COc2ccc3ccccc3c2)cc1OC. The number of amides is 2. The van der Waals surface area contributed by atoms with Gasteiger partial charge >= 0.3 is 0 Å². The summed E-state index contributed by atoms with van der Waals surface area (Å²) in [5, 5.41) is 2.10. The van der Waals surface area contributed by atoms with Crippen molar-refractivity contribution in [1.29, 1.82) is 0 Å². The molecule has 156 valence electrons. The number of carbonyl (C=O) groups excluding carboxylic acids is 2. The summed E-state index contributed by atoms with van der Waals surface area (Å²) in [7, 11) is 1.50. The summed E-state index contributed by atoms with van der Waals surface area (Å²) >= 11 is 0. The number of ether oxygens (including phenoxy) is 3. The van der Waals surface area contributed by atoms with E-state index in [0.29, 0.717) is 29.4 Å². The molecule has 0 saturated heterocycles. The zero-order valence-corrected chi connectivity index (χ0v) is 16.9. The molecule has 0 unspecified atom stereocenters. The number of benzene rings is 3. The van der Waals surface area contributed by atoms with Crippen molar-refractivity contribution in [3.05, 3.63) is 66.2 Å². The van der Waals surface area contributed by atoms with Crippen molar-refractivity contribution in [2.45, 2.75) is 13.3 Å². The number of hydrogen-bond acceptors (Lipinski definition) is 5. The summed E-state index contributed by atoms with van der Waals surface area (Å²) in [4.78, 5) is 24.3. The lowest BCUT2D eigenvalue weighted by molar-refractivity contribution is -0.123. The van der Waals surface area contributed by atoms with Crippen molar-refractivity contribution in [3.8, 4) is 17.2 Å². The maximum Gasteiger partial charge on any atom is 0.276 e. The molecule has 3 aromatic rings. The standard InChI is InChI=1S/C23H24N2O5/c1-3-12-29-20-11-9-18(14-21(20)28-2)23(27)25-24-22(26)15-30-19-10-8-16-6-4-5-7-17(16)13-19/h4-11,13-14H,3,12,15H2,1-2H3,(H,24,26)(H,25,27). The molecule has 0 saturated carbocycles. The number of nitrogens with one attached hydrogen (secondary N) is 2. The molecule has 0 fully saturated rings. The molecule has 0 heterocycles. The van der Waals surface area contributed by atoms with Crippen LogP contribution in [0.3, 0.4) is 0 Å². The molecular weight excluding hydrogens is 384 g/mol. The van der Waals surface area contributed by atoms with E-state index in [1.54, 1.807) is 24.3 Å². The summed E-state index contributed by atoms with van der Waals surface area (Å²) in [6.07, 6.45) is 0.860. The highest BCUT2D eigenvalue weighted by atomic mass is 16.5. The quantitative estimate of drug-likeness (QED) is 0.558. The van der Waals surface area contributed by atoms with Crippen molar-refractivity contribution in [2.75, 3.05) is 20.3 Å². The third-order valence-corrected chi connectivity index (χ3v) is 4.29. The first-order chi connectivity index (χ1) is 14.6. The smallest absolute Gasteiger partial charge is 0.276 e. The van der Waals surface area contributed by atoms with Gasteiger partial charge in [0.25, 0.3) is 11.8 Å². The number of hydrazine groups is 1. The Balaban J connectivity index is 1.51. The molecule has 0 aliphatic rings. The van der Waals surface area contributed by atoms with Gasteiger partial charge in [0.2, 0.25) is 0 Å². The van der Waals surface area contributed by atoms with Crippen molar-refractivity contribution in [2.24, 2.45) is 0 Å². The van der Waals surface area contributed by atoms with Crippen LogP contribution < -0.4 is 25.1 Å². The van der Waals surface area contributed by atoms with E-state index in [1.165, 1.54) is 7.11 Å². The molecule has 7 nitrogen and oxygen atoms in total. The second kappa shape index (κ2) is 10.2. The molecule has 3 aromatic carbocycles. The number of rotatable bonds is 8. The Hall–Kier alpha value is -3.74. The minimum Gasteiger partial charge on any atom is -0.493 e. The van der Waals surface area contributed by atoms with E-state index in [9.17, 15) is 9.59 Å². The predicted molar refractivity (Wildman–Crippen MR) is 114 cm³/mol.